The van der Waals surface area contributed by atoms with Gasteiger partial charge in [-0.1, -0.05) is 30.3 Å². The van der Waals surface area contributed by atoms with Crippen molar-refractivity contribution in [1.29, 1.82) is 0 Å². The van der Waals surface area contributed by atoms with Crippen molar-refractivity contribution in [1.82, 2.24) is 9.88 Å². The molecule has 0 aliphatic carbocycles. The van der Waals surface area contributed by atoms with Crippen molar-refractivity contribution < 1.29 is 9.18 Å². The summed E-state index contributed by atoms with van der Waals surface area (Å²) in [6.07, 6.45) is 2.46. The molecule has 2 heterocycles. The molecule has 1 aliphatic rings. The smallest absolute Gasteiger partial charge is 0.255 e. The molecule has 1 fully saturated rings. The van der Waals surface area contributed by atoms with E-state index in [1.165, 1.54) is 12.3 Å². The van der Waals surface area contributed by atoms with Gasteiger partial charge in [-0.3, -0.25) is 9.78 Å². The first-order valence-corrected chi connectivity index (χ1v) is 6.85. The molecule has 2 N–H and O–H groups in total. The number of carbonyl (C=O) groups excluding carboxylic acids is 1. The van der Waals surface area contributed by atoms with Gasteiger partial charge in [0.2, 0.25) is 0 Å². The summed E-state index contributed by atoms with van der Waals surface area (Å²) < 4.78 is 13.2. The van der Waals surface area contributed by atoms with Crippen LogP contribution in [0, 0.1) is 5.82 Å². The maximum absolute atomic E-state index is 13.2. The molecule has 1 aliphatic heterocycles. The highest BCUT2D eigenvalue weighted by atomic mass is 35.5. The third-order valence-corrected chi connectivity index (χ3v) is 3.83. The molecule has 1 aromatic heterocycles. The van der Waals surface area contributed by atoms with Gasteiger partial charge >= 0.3 is 0 Å². The second kappa shape index (κ2) is 8.24. The summed E-state index contributed by atoms with van der Waals surface area (Å²) in [5.41, 5.74) is 7.55. The third-order valence-electron chi connectivity index (χ3n) is 3.83. The first-order chi connectivity index (χ1) is 10.1. The third kappa shape index (κ3) is 4.19. The van der Waals surface area contributed by atoms with Gasteiger partial charge in [0.25, 0.3) is 5.91 Å². The van der Waals surface area contributed by atoms with Gasteiger partial charge in [-0.05, 0) is 11.6 Å². The van der Waals surface area contributed by atoms with Gasteiger partial charge in [-0.15, -0.1) is 24.8 Å². The predicted molar refractivity (Wildman–Crippen MR) is 91.8 cm³/mol. The van der Waals surface area contributed by atoms with Crippen LogP contribution in [-0.4, -0.2) is 34.9 Å². The topological polar surface area (TPSA) is 59.2 Å². The van der Waals surface area contributed by atoms with Crippen molar-refractivity contribution in [3.8, 4) is 0 Å². The minimum atomic E-state index is -0.510. The Morgan fingerprint density at radius 2 is 1.87 bits per heavy atom. The van der Waals surface area contributed by atoms with Crippen molar-refractivity contribution in [2.75, 3.05) is 13.1 Å². The van der Waals surface area contributed by atoms with Gasteiger partial charge in [0.1, 0.15) is 5.82 Å². The highest BCUT2D eigenvalue weighted by Crippen LogP contribution is 2.27. The van der Waals surface area contributed by atoms with E-state index in [4.69, 9.17) is 5.73 Å². The molecule has 0 spiro atoms. The molecule has 0 radical (unpaired) electrons. The number of hydrogen-bond donors (Lipinski definition) is 1. The number of carbonyl (C=O) groups is 1. The van der Waals surface area contributed by atoms with Crippen molar-refractivity contribution in [2.45, 2.75) is 12.0 Å². The lowest BCUT2D eigenvalue weighted by Gasteiger charge is -2.16. The second-order valence-corrected chi connectivity index (χ2v) is 5.28. The van der Waals surface area contributed by atoms with Gasteiger partial charge in [-0.2, -0.15) is 0 Å². The number of hydrogen-bond acceptors (Lipinski definition) is 3. The van der Waals surface area contributed by atoms with E-state index in [1.54, 1.807) is 4.90 Å². The van der Waals surface area contributed by atoms with E-state index in [-0.39, 0.29) is 48.2 Å². The molecule has 3 rings (SSSR count). The standard InChI is InChI=1S/C16H16FN3O.2ClH/c17-13-6-12(7-19-8-13)16(21)20-9-14(15(18)10-20)11-4-2-1-3-5-11;;/h1-8,14-15H,9-10,18H2;2*1H/t14-,15+;;/m0../s1. The monoisotopic (exact) mass is 357 g/mol. The molecule has 124 valence electrons. The summed E-state index contributed by atoms with van der Waals surface area (Å²) in [4.78, 5) is 17.8. The van der Waals surface area contributed by atoms with Crippen LogP contribution in [0.15, 0.2) is 48.8 Å². The largest absolute Gasteiger partial charge is 0.336 e. The summed E-state index contributed by atoms with van der Waals surface area (Å²) in [7, 11) is 0. The van der Waals surface area contributed by atoms with Crippen molar-refractivity contribution >= 4 is 30.7 Å². The van der Waals surface area contributed by atoms with Gasteiger partial charge < -0.3 is 10.6 Å². The average molecular weight is 358 g/mol. The van der Waals surface area contributed by atoms with Gasteiger partial charge in [0.15, 0.2) is 0 Å². The Bertz CT molecular complexity index is 657. The molecule has 0 bridgehead atoms. The molecular formula is C16H18Cl2FN3O. The van der Waals surface area contributed by atoms with E-state index in [9.17, 15) is 9.18 Å². The number of amides is 1. The maximum atomic E-state index is 13.2. The highest BCUT2D eigenvalue weighted by molar-refractivity contribution is 5.94. The fourth-order valence-electron chi connectivity index (χ4n) is 2.76. The number of likely N-dealkylation sites (tertiary alicyclic amines) is 1. The zero-order valence-corrected chi connectivity index (χ0v) is 13.9. The quantitative estimate of drug-likeness (QED) is 0.898. The Morgan fingerprint density at radius 1 is 1.17 bits per heavy atom. The number of nitrogens with zero attached hydrogens (tertiary/aromatic N) is 2. The lowest BCUT2D eigenvalue weighted by Crippen LogP contribution is -2.32. The van der Waals surface area contributed by atoms with Crippen LogP contribution in [0.3, 0.4) is 0 Å². The molecule has 2 aromatic rings. The van der Waals surface area contributed by atoms with Crippen molar-refractivity contribution in [2.24, 2.45) is 5.73 Å². The minimum Gasteiger partial charge on any atom is -0.336 e. The van der Waals surface area contributed by atoms with Crippen molar-refractivity contribution in [3.63, 3.8) is 0 Å². The summed E-state index contributed by atoms with van der Waals surface area (Å²) in [5.74, 6) is -0.628. The summed E-state index contributed by atoms with van der Waals surface area (Å²) in [6.45, 7) is 1.01. The fourth-order valence-corrected chi connectivity index (χ4v) is 2.76. The summed E-state index contributed by atoms with van der Waals surface area (Å²) in [5, 5.41) is 0. The van der Waals surface area contributed by atoms with Crippen LogP contribution in [0.5, 0.6) is 0 Å². The molecule has 4 nitrogen and oxygen atoms in total. The lowest BCUT2D eigenvalue weighted by atomic mass is 9.95. The number of nitrogens with two attached hydrogens (primary N) is 1. The zero-order valence-electron chi connectivity index (χ0n) is 12.3. The molecule has 7 heteroatoms. The normalized spacial score (nSPS) is 19.7. The van der Waals surface area contributed by atoms with Gasteiger partial charge in [0, 0.05) is 31.2 Å². The second-order valence-electron chi connectivity index (χ2n) is 5.28. The SMILES string of the molecule is Cl.Cl.N[C@@H]1CN(C(=O)c2cncc(F)c2)C[C@H]1c1ccccc1. The van der Waals surface area contributed by atoms with Gasteiger partial charge in [0.05, 0.1) is 11.8 Å². The Hall–Kier alpha value is -1.69. The van der Waals surface area contributed by atoms with Crippen LogP contribution in [0.25, 0.3) is 0 Å². The maximum Gasteiger partial charge on any atom is 0.255 e. The molecule has 1 aromatic carbocycles. The van der Waals surface area contributed by atoms with Crippen LogP contribution in [-0.2, 0) is 0 Å². The number of pyridine rings is 1. The Kier molecular flexibility index (Phi) is 6.94. The molecular weight excluding hydrogens is 340 g/mol. The Balaban J connectivity index is 0.00000132. The van der Waals surface area contributed by atoms with E-state index in [0.29, 0.717) is 13.1 Å². The number of rotatable bonds is 2. The molecule has 0 saturated carbocycles. The van der Waals surface area contributed by atoms with Crippen LogP contribution < -0.4 is 5.73 Å². The zero-order chi connectivity index (χ0) is 14.8. The van der Waals surface area contributed by atoms with Crippen LogP contribution in [0.4, 0.5) is 4.39 Å². The van der Waals surface area contributed by atoms with Crippen LogP contribution in [0.1, 0.15) is 21.8 Å². The molecule has 2 atom stereocenters. The van der Waals surface area contributed by atoms with E-state index in [1.807, 2.05) is 30.3 Å². The number of aromatic nitrogens is 1. The van der Waals surface area contributed by atoms with E-state index >= 15 is 0 Å². The Labute approximate surface area is 146 Å². The van der Waals surface area contributed by atoms with E-state index < -0.39 is 5.82 Å². The number of benzene rings is 1. The lowest BCUT2D eigenvalue weighted by molar-refractivity contribution is 0.0788. The molecule has 23 heavy (non-hydrogen) atoms. The Morgan fingerprint density at radius 3 is 2.52 bits per heavy atom. The summed E-state index contributed by atoms with van der Waals surface area (Å²) in [6, 6.07) is 11.0. The van der Waals surface area contributed by atoms with E-state index in [0.717, 1.165) is 11.8 Å². The van der Waals surface area contributed by atoms with Crippen LogP contribution >= 0.6 is 24.8 Å². The number of halogens is 3. The fraction of sp³-hybridized carbons (Fsp3) is 0.250. The van der Waals surface area contributed by atoms with E-state index in [2.05, 4.69) is 4.98 Å². The first kappa shape index (κ1) is 19.4. The summed E-state index contributed by atoms with van der Waals surface area (Å²) >= 11 is 0. The van der Waals surface area contributed by atoms with Crippen molar-refractivity contribution in [3.05, 3.63) is 65.7 Å². The molecule has 1 amide bonds. The average Bonchev–Trinajstić information content (AvgIpc) is 2.89. The van der Waals surface area contributed by atoms with Crippen LogP contribution in [0.2, 0.25) is 0 Å². The minimum absolute atomic E-state index is 0. The highest BCUT2D eigenvalue weighted by Gasteiger charge is 2.34. The molecule has 0 unspecified atom stereocenters. The predicted octanol–water partition coefficient (Wildman–Crippen LogP) is 2.63. The first-order valence-electron chi connectivity index (χ1n) is 6.85. The molecule has 1 saturated heterocycles. The van der Waals surface area contributed by atoms with Gasteiger partial charge in [-0.25, -0.2) is 4.39 Å².